The van der Waals surface area contributed by atoms with E-state index in [0.29, 0.717) is 16.9 Å². The molecule has 0 aliphatic rings. The first kappa shape index (κ1) is 28.9. The maximum Gasteiger partial charge on any atom is 0.343 e. The van der Waals surface area contributed by atoms with Crippen LogP contribution in [-0.4, -0.2) is 45.4 Å². The molecule has 214 valence electrons. The minimum absolute atomic E-state index is 0.0471. The lowest BCUT2D eigenvalue weighted by atomic mass is 10.2. The molecule has 0 unspecified atom stereocenters. The molecular weight excluding hydrogens is 548 g/mol. The average molecular weight is 573 g/mol. The number of rotatable bonds is 8. The summed E-state index contributed by atoms with van der Waals surface area (Å²) in [5.74, 6) is -2.73. The summed E-state index contributed by atoms with van der Waals surface area (Å²) in [4.78, 5) is 60.4. The van der Waals surface area contributed by atoms with Crippen LogP contribution in [0.5, 0.6) is 11.5 Å². The normalized spacial score (nSPS) is 10.7. The molecule has 0 radical (unpaired) electrons. The average Bonchev–Trinajstić information content (AvgIpc) is 3.20. The van der Waals surface area contributed by atoms with Crippen molar-refractivity contribution in [3.63, 3.8) is 0 Å². The van der Waals surface area contributed by atoms with Gasteiger partial charge >= 0.3 is 17.8 Å². The number of nitro groups is 1. The number of benzene rings is 3. The standard InChI is InChI=1S/C28H24N6O8/c1-17-24(27(37)33(32(17)2)20-7-5-4-6-8-20)30-25(35)26(36)31-29-16-18-9-14-22(23(15-18)41-3)42-28(38)19-10-12-21(13-11-19)34(39)40/h4-16H,1-3H3,(H,30,35)(H,31,36)/b29-16+. The Labute approximate surface area is 237 Å². The Hall–Kier alpha value is -6.05. The van der Waals surface area contributed by atoms with E-state index in [0.717, 1.165) is 0 Å². The summed E-state index contributed by atoms with van der Waals surface area (Å²) in [6.07, 6.45) is 1.23. The maximum absolute atomic E-state index is 12.9. The van der Waals surface area contributed by atoms with Gasteiger partial charge in [-0.15, -0.1) is 0 Å². The first-order valence-electron chi connectivity index (χ1n) is 12.2. The van der Waals surface area contributed by atoms with Gasteiger partial charge in [0.05, 0.1) is 35.2 Å². The molecule has 42 heavy (non-hydrogen) atoms. The second-order valence-electron chi connectivity index (χ2n) is 8.69. The van der Waals surface area contributed by atoms with E-state index in [9.17, 15) is 29.3 Å². The molecule has 0 atom stereocenters. The van der Waals surface area contributed by atoms with Crippen LogP contribution in [0.2, 0.25) is 0 Å². The summed E-state index contributed by atoms with van der Waals surface area (Å²) >= 11 is 0. The number of hydrazone groups is 1. The maximum atomic E-state index is 12.9. The van der Waals surface area contributed by atoms with Crippen LogP contribution in [0.1, 0.15) is 21.6 Å². The van der Waals surface area contributed by atoms with Crippen LogP contribution >= 0.6 is 0 Å². The predicted octanol–water partition coefficient (Wildman–Crippen LogP) is 2.71. The highest BCUT2D eigenvalue weighted by atomic mass is 16.6. The molecule has 0 bridgehead atoms. The molecule has 14 nitrogen and oxygen atoms in total. The van der Waals surface area contributed by atoms with Crippen LogP contribution in [0.25, 0.3) is 5.69 Å². The summed E-state index contributed by atoms with van der Waals surface area (Å²) in [5.41, 5.74) is 2.92. The van der Waals surface area contributed by atoms with E-state index < -0.39 is 28.3 Å². The van der Waals surface area contributed by atoms with Crippen molar-refractivity contribution in [1.29, 1.82) is 0 Å². The van der Waals surface area contributed by atoms with Crippen molar-refractivity contribution < 1.29 is 28.8 Å². The third kappa shape index (κ3) is 6.22. The molecule has 1 heterocycles. The van der Waals surface area contributed by atoms with Crippen molar-refractivity contribution in [1.82, 2.24) is 14.8 Å². The number of methoxy groups -OCH3 is 1. The Bertz CT molecular complexity index is 1760. The number of non-ortho nitro benzene ring substituents is 1. The lowest BCUT2D eigenvalue weighted by Crippen LogP contribution is -2.34. The van der Waals surface area contributed by atoms with Gasteiger partial charge in [-0.3, -0.25) is 29.2 Å². The number of nitro benzene ring substituents is 1. The number of para-hydroxylation sites is 1. The molecule has 0 aliphatic heterocycles. The van der Waals surface area contributed by atoms with Crippen molar-refractivity contribution in [3.05, 3.63) is 110 Å². The van der Waals surface area contributed by atoms with E-state index in [4.69, 9.17) is 9.47 Å². The fourth-order valence-corrected chi connectivity index (χ4v) is 3.83. The molecule has 2 amide bonds. The molecule has 0 saturated heterocycles. The van der Waals surface area contributed by atoms with Crippen LogP contribution in [0.4, 0.5) is 11.4 Å². The van der Waals surface area contributed by atoms with Crippen LogP contribution in [-0.2, 0) is 16.6 Å². The summed E-state index contributed by atoms with van der Waals surface area (Å²) < 4.78 is 13.5. The lowest BCUT2D eigenvalue weighted by molar-refractivity contribution is -0.384. The number of carbonyl (C=O) groups is 3. The Morgan fingerprint density at radius 1 is 0.976 bits per heavy atom. The van der Waals surface area contributed by atoms with Crippen molar-refractivity contribution in [3.8, 4) is 17.2 Å². The Morgan fingerprint density at radius 3 is 2.31 bits per heavy atom. The number of hydrogen-bond acceptors (Lipinski definition) is 9. The van der Waals surface area contributed by atoms with Gasteiger partial charge in [-0.2, -0.15) is 5.10 Å². The van der Waals surface area contributed by atoms with E-state index in [1.807, 2.05) is 6.07 Å². The van der Waals surface area contributed by atoms with Crippen molar-refractivity contribution >= 4 is 35.4 Å². The second kappa shape index (κ2) is 12.4. The molecule has 2 N–H and O–H groups in total. The van der Waals surface area contributed by atoms with Crippen molar-refractivity contribution in [2.24, 2.45) is 12.1 Å². The molecule has 0 saturated carbocycles. The Morgan fingerprint density at radius 2 is 1.67 bits per heavy atom. The highest BCUT2D eigenvalue weighted by Crippen LogP contribution is 2.28. The molecule has 14 heteroatoms. The Kier molecular flexibility index (Phi) is 8.56. The van der Waals surface area contributed by atoms with E-state index >= 15 is 0 Å². The molecule has 3 aromatic carbocycles. The SMILES string of the molecule is COc1cc(/C=N/NC(=O)C(=O)Nc2c(C)n(C)n(-c3ccccc3)c2=O)ccc1OC(=O)c1ccc([N+](=O)[O-])cc1. The zero-order valence-electron chi connectivity index (χ0n) is 22.6. The topological polar surface area (TPSA) is 176 Å². The number of anilines is 1. The number of nitrogens with zero attached hydrogens (tertiary/aromatic N) is 4. The number of esters is 1. The summed E-state index contributed by atoms with van der Waals surface area (Å²) in [5, 5.41) is 16.9. The number of nitrogens with one attached hydrogen (secondary N) is 2. The van der Waals surface area contributed by atoms with Gasteiger partial charge in [0.15, 0.2) is 11.5 Å². The van der Waals surface area contributed by atoms with Crippen molar-refractivity contribution in [2.45, 2.75) is 6.92 Å². The van der Waals surface area contributed by atoms with Gasteiger partial charge in [-0.1, -0.05) is 18.2 Å². The minimum Gasteiger partial charge on any atom is -0.493 e. The van der Waals surface area contributed by atoms with Crippen LogP contribution in [0.15, 0.2) is 82.7 Å². The van der Waals surface area contributed by atoms with Crippen LogP contribution < -0.4 is 25.8 Å². The molecule has 4 rings (SSSR count). The minimum atomic E-state index is -1.11. The zero-order valence-corrected chi connectivity index (χ0v) is 22.6. The summed E-state index contributed by atoms with van der Waals surface area (Å²) in [6, 6.07) is 18.1. The fraction of sp³-hybridized carbons (Fsp3) is 0.107. The highest BCUT2D eigenvalue weighted by molar-refractivity contribution is 6.39. The molecular formula is C28H24N6O8. The number of amides is 2. The predicted molar refractivity (Wildman–Crippen MR) is 151 cm³/mol. The first-order valence-corrected chi connectivity index (χ1v) is 12.2. The first-order chi connectivity index (χ1) is 20.1. The van der Waals surface area contributed by atoms with E-state index in [2.05, 4.69) is 15.8 Å². The number of carbonyl (C=O) groups excluding carboxylic acids is 3. The largest absolute Gasteiger partial charge is 0.493 e. The smallest absolute Gasteiger partial charge is 0.343 e. The lowest BCUT2D eigenvalue weighted by Gasteiger charge is -2.10. The van der Waals surface area contributed by atoms with E-state index in [1.165, 1.54) is 60.5 Å². The Balaban J connectivity index is 1.39. The quantitative estimate of drug-likeness (QED) is 0.0809. The summed E-state index contributed by atoms with van der Waals surface area (Å²) in [7, 11) is 3.00. The van der Waals surface area contributed by atoms with Crippen LogP contribution in [0, 0.1) is 17.0 Å². The molecule has 1 aromatic heterocycles. The van der Waals surface area contributed by atoms with Gasteiger partial charge in [-0.25, -0.2) is 14.9 Å². The second-order valence-corrected chi connectivity index (χ2v) is 8.69. The number of ether oxygens (including phenoxy) is 2. The number of hydrogen-bond donors (Lipinski definition) is 2. The monoisotopic (exact) mass is 572 g/mol. The van der Waals surface area contributed by atoms with Crippen molar-refractivity contribution in [2.75, 3.05) is 12.4 Å². The molecule has 0 spiro atoms. The zero-order chi connectivity index (χ0) is 30.4. The van der Waals surface area contributed by atoms with Crippen LogP contribution in [0.3, 0.4) is 0 Å². The third-order valence-electron chi connectivity index (χ3n) is 6.08. The van der Waals surface area contributed by atoms with Gasteiger partial charge < -0.3 is 14.8 Å². The van der Waals surface area contributed by atoms with Gasteiger partial charge in [0, 0.05) is 19.2 Å². The number of aromatic nitrogens is 2. The van der Waals surface area contributed by atoms with Gasteiger partial charge in [0.2, 0.25) is 0 Å². The van der Waals surface area contributed by atoms with Gasteiger partial charge in [-0.05, 0) is 55.0 Å². The molecule has 4 aromatic rings. The highest BCUT2D eigenvalue weighted by Gasteiger charge is 2.21. The fourth-order valence-electron chi connectivity index (χ4n) is 3.83. The van der Waals surface area contributed by atoms with E-state index in [1.54, 1.807) is 42.9 Å². The molecule has 0 fully saturated rings. The summed E-state index contributed by atoms with van der Waals surface area (Å²) in [6.45, 7) is 1.63. The molecule has 0 aliphatic carbocycles. The van der Waals surface area contributed by atoms with Gasteiger partial charge in [0.25, 0.3) is 11.2 Å². The van der Waals surface area contributed by atoms with E-state index in [-0.39, 0.29) is 28.4 Å². The third-order valence-corrected chi connectivity index (χ3v) is 6.08. The van der Waals surface area contributed by atoms with Gasteiger partial charge in [0.1, 0.15) is 5.69 Å².